The smallest absolute Gasteiger partial charge is 0.147 e. The summed E-state index contributed by atoms with van der Waals surface area (Å²) < 4.78 is 0. The number of aryl methyl sites for hydroxylation is 1. The van der Waals surface area contributed by atoms with Gasteiger partial charge in [0.05, 0.1) is 11.2 Å². The third-order valence-corrected chi connectivity index (χ3v) is 2.47. The zero-order valence-electron chi connectivity index (χ0n) is 6.30. The predicted octanol–water partition coefficient (Wildman–Crippen LogP) is 1.50. The molecule has 0 amide bonds. The van der Waals surface area contributed by atoms with Crippen molar-refractivity contribution >= 4 is 22.9 Å². The highest BCUT2D eigenvalue weighted by molar-refractivity contribution is 6.50. The summed E-state index contributed by atoms with van der Waals surface area (Å²) in [5.74, 6) is 0. The number of hydrogen-bond acceptors (Lipinski definition) is 2. The van der Waals surface area contributed by atoms with E-state index in [4.69, 9.17) is 11.6 Å². The van der Waals surface area contributed by atoms with Gasteiger partial charge in [0, 0.05) is 16.8 Å². The summed E-state index contributed by atoms with van der Waals surface area (Å²) in [4.78, 5) is 10.5. The van der Waals surface area contributed by atoms with E-state index in [0.717, 1.165) is 24.0 Å². The van der Waals surface area contributed by atoms with Crippen LogP contribution in [0.5, 0.6) is 0 Å². The number of rotatable bonds is 1. The summed E-state index contributed by atoms with van der Waals surface area (Å²) in [6, 6.07) is 0. The Labute approximate surface area is 74.4 Å². The van der Waals surface area contributed by atoms with Crippen molar-refractivity contribution in [2.45, 2.75) is 12.8 Å². The molecule has 1 aromatic heterocycles. The van der Waals surface area contributed by atoms with E-state index in [9.17, 15) is 4.79 Å². The molecule has 1 aromatic rings. The van der Waals surface area contributed by atoms with Gasteiger partial charge in [-0.05, 0) is 12.8 Å². The van der Waals surface area contributed by atoms with Crippen molar-refractivity contribution < 1.29 is 4.79 Å². The fraction of sp³-hybridized carbons (Fsp3) is 0.250. The van der Waals surface area contributed by atoms with Crippen LogP contribution in [0.1, 0.15) is 17.7 Å². The molecule has 2 rings (SSSR count). The topological polar surface area (TPSA) is 45.8 Å². The maximum Gasteiger partial charge on any atom is 0.147 e. The summed E-state index contributed by atoms with van der Waals surface area (Å²) in [7, 11) is 0. The van der Waals surface area contributed by atoms with Gasteiger partial charge < -0.3 is 0 Å². The summed E-state index contributed by atoms with van der Waals surface area (Å²) in [5, 5.41) is 7.25. The van der Waals surface area contributed by atoms with E-state index >= 15 is 0 Å². The maximum absolute atomic E-state index is 10.5. The van der Waals surface area contributed by atoms with Crippen molar-refractivity contribution in [3.8, 4) is 0 Å². The Kier molecular flexibility index (Phi) is 1.73. The van der Waals surface area contributed by atoms with Gasteiger partial charge in [-0.3, -0.25) is 9.89 Å². The molecule has 0 radical (unpaired) electrons. The minimum Gasteiger partial charge on any atom is -0.298 e. The average molecular weight is 183 g/mol. The molecule has 0 fully saturated rings. The van der Waals surface area contributed by atoms with E-state index < -0.39 is 0 Å². The van der Waals surface area contributed by atoms with E-state index in [1.54, 1.807) is 6.20 Å². The molecule has 0 bridgehead atoms. The van der Waals surface area contributed by atoms with E-state index in [0.29, 0.717) is 17.0 Å². The minimum absolute atomic E-state index is 0.542. The molecule has 4 heteroatoms. The first kappa shape index (κ1) is 7.55. The van der Waals surface area contributed by atoms with E-state index in [-0.39, 0.29) is 0 Å². The SMILES string of the molecule is O=CC1=C(Cl)c2cn[nH]c2CC1. The normalized spacial score (nSPS) is 16.1. The molecule has 0 aromatic carbocycles. The Morgan fingerprint density at radius 3 is 3.17 bits per heavy atom. The molecule has 0 aliphatic heterocycles. The second-order valence-electron chi connectivity index (χ2n) is 2.72. The van der Waals surface area contributed by atoms with Crippen LogP contribution in [0.3, 0.4) is 0 Å². The number of fused-ring (bicyclic) bond motifs is 1. The molecule has 0 spiro atoms. The van der Waals surface area contributed by atoms with Crippen molar-refractivity contribution in [2.75, 3.05) is 0 Å². The second-order valence-corrected chi connectivity index (χ2v) is 3.10. The van der Waals surface area contributed by atoms with Crippen molar-refractivity contribution in [3.05, 3.63) is 23.0 Å². The van der Waals surface area contributed by atoms with E-state index in [1.165, 1.54) is 0 Å². The van der Waals surface area contributed by atoms with Crippen molar-refractivity contribution in [2.24, 2.45) is 0 Å². The summed E-state index contributed by atoms with van der Waals surface area (Å²) in [5.41, 5.74) is 2.56. The molecule has 1 N–H and O–H groups in total. The first-order chi connectivity index (χ1) is 5.83. The highest BCUT2D eigenvalue weighted by Gasteiger charge is 2.18. The molecule has 0 saturated heterocycles. The van der Waals surface area contributed by atoms with Crippen LogP contribution in [0.15, 0.2) is 11.8 Å². The van der Waals surface area contributed by atoms with Gasteiger partial charge in [0.2, 0.25) is 0 Å². The molecule has 0 atom stereocenters. The number of aromatic nitrogens is 2. The number of H-pyrrole nitrogens is 1. The van der Waals surface area contributed by atoms with Gasteiger partial charge in [0.25, 0.3) is 0 Å². The number of nitrogens with one attached hydrogen (secondary N) is 1. The lowest BCUT2D eigenvalue weighted by atomic mass is 9.99. The number of carbonyl (C=O) groups is 1. The van der Waals surface area contributed by atoms with Crippen LogP contribution >= 0.6 is 11.6 Å². The molecule has 62 valence electrons. The Bertz CT molecular complexity index is 354. The fourth-order valence-corrected chi connectivity index (χ4v) is 1.65. The third kappa shape index (κ3) is 0.975. The van der Waals surface area contributed by atoms with Crippen molar-refractivity contribution in [1.82, 2.24) is 10.2 Å². The van der Waals surface area contributed by atoms with E-state index in [2.05, 4.69) is 10.2 Å². The number of allylic oxidation sites excluding steroid dienone is 1. The van der Waals surface area contributed by atoms with Gasteiger partial charge in [-0.15, -0.1) is 0 Å². The van der Waals surface area contributed by atoms with Crippen molar-refractivity contribution in [1.29, 1.82) is 0 Å². The number of aldehydes is 1. The highest BCUT2D eigenvalue weighted by atomic mass is 35.5. The number of nitrogens with zero attached hydrogens (tertiary/aromatic N) is 1. The number of hydrogen-bond donors (Lipinski definition) is 1. The van der Waals surface area contributed by atoms with E-state index in [1.807, 2.05) is 0 Å². The first-order valence-corrected chi connectivity index (χ1v) is 4.07. The molecule has 3 nitrogen and oxygen atoms in total. The second kappa shape index (κ2) is 2.75. The molecule has 1 heterocycles. The largest absolute Gasteiger partial charge is 0.298 e. The molecular formula is C8H7ClN2O. The molecular weight excluding hydrogens is 176 g/mol. The lowest BCUT2D eigenvalue weighted by Gasteiger charge is -2.10. The van der Waals surface area contributed by atoms with Crippen molar-refractivity contribution in [3.63, 3.8) is 0 Å². The van der Waals surface area contributed by atoms with Gasteiger partial charge in [0.1, 0.15) is 6.29 Å². The highest BCUT2D eigenvalue weighted by Crippen LogP contribution is 2.31. The zero-order valence-corrected chi connectivity index (χ0v) is 7.06. The van der Waals surface area contributed by atoms with Crippen LogP contribution in [0, 0.1) is 0 Å². The number of aromatic amines is 1. The summed E-state index contributed by atoms with van der Waals surface area (Å²) in [6.45, 7) is 0. The molecule has 1 aliphatic rings. The summed E-state index contributed by atoms with van der Waals surface area (Å²) in [6.07, 6.45) is 4.00. The van der Waals surface area contributed by atoms with Gasteiger partial charge >= 0.3 is 0 Å². The Hall–Kier alpha value is -1.09. The third-order valence-electron chi connectivity index (χ3n) is 2.02. The number of halogens is 1. The van der Waals surface area contributed by atoms with Gasteiger partial charge in [-0.1, -0.05) is 11.6 Å². The van der Waals surface area contributed by atoms with Crippen LogP contribution in [-0.4, -0.2) is 16.5 Å². The predicted molar refractivity (Wildman–Crippen MR) is 45.7 cm³/mol. The average Bonchev–Trinajstić information content (AvgIpc) is 2.53. The first-order valence-electron chi connectivity index (χ1n) is 3.69. The molecule has 12 heavy (non-hydrogen) atoms. The zero-order chi connectivity index (χ0) is 8.55. The molecule has 0 saturated carbocycles. The van der Waals surface area contributed by atoms with Crippen LogP contribution in [-0.2, 0) is 11.2 Å². The Balaban J connectivity index is 2.56. The van der Waals surface area contributed by atoms with Gasteiger partial charge in [-0.25, -0.2) is 0 Å². The van der Waals surface area contributed by atoms with Gasteiger partial charge in [0.15, 0.2) is 0 Å². The minimum atomic E-state index is 0.542. The van der Waals surface area contributed by atoms with Gasteiger partial charge in [-0.2, -0.15) is 5.10 Å². The summed E-state index contributed by atoms with van der Waals surface area (Å²) >= 11 is 5.94. The van der Waals surface area contributed by atoms with Crippen LogP contribution in [0.4, 0.5) is 0 Å². The maximum atomic E-state index is 10.5. The quantitative estimate of drug-likeness (QED) is 0.670. The standard InChI is InChI=1S/C8H7ClN2O/c9-8-5(4-12)1-2-7-6(8)3-10-11-7/h3-4H,1-2H2,(H,10,11). The van der Waals surface area contributed by atoms with Crippen LogP contribution in [0.2, 0.25) is 0 Å². The van der Waals surface area contributed by atoms with Crippen LogP contribution < -0.4 is 0 Å². The lowest BCUT2D eigenvalue weighted by Crippen LogP contribution is -2.01. The molecule has 0 unspecified atom stereocenters. The monoisotopic (exact) mass is 182 g/mol. The van der Waals surface area contributed by atoms with Crippen LogP contribution in [0.25, 0.3) is 5.03 Å². The fourth-order valence-electron chi connectivity index (χ4n) is 1.35. The lowest BCUT2D eigenvalue weighted by molar-refractivity contribution is -0.105. The molecule has 1 aliphatic carbocycles. The Morgan fingerprint density at radius 1 is 1.58 bits per heavy atom. The number of carbonyl (C=O) groups excluding carboxylic acids is 1. The Morgan fingerprint density at radius 2 is 2.42 bits per heavy atom.